The monoisotopic (exact) mass is 324 g/mol. The molecular weight excluding hydrogens is 304 g/mol. The Morgan fingerprint density at radius 3 is 2.58 bits per heavy atom. The zero-order valence-electron chi connectivity index (χ0n) is 13.6. The maximum absolute atomic E-state index is 12.4. The van der Waals surface area contributed by atoms with E-state index in [1.807, 2.05) is 61.1 Å². The first-order valence-electron chi connectivity index (χ1n) is 7.77. The highest BCUT2D eigenvalue weighted by Gasteiger charge is 2.21. The Bertz CT molecular complexity index is 780. The van der Waals surface area contributed by atoms with E-state index < -0.39 is 0 Å². The number of imidazole rings is 1. The molecule has 0 fully saturated rings. The van der Waals surface area contributed by atoms with Crippen LogP contribution in [0.15, 0.2) is 65.5 Å². The van der Waals surface area contributed by atoms with Crippen molar-refractivity contribution in [2.45, 2.75) is 19.0 Å². The fraction of sp³-hybridized carbons (Fsp3) is 0.222. The number of hydrogen-bond acceptors (Lipinski definition) is 3. The van der Waals surface area contributed by atoms with Crippen molar-refractivity contribution in [2.75, 3.05) is 0 Å². The van der Waals surface area contributed by atoms with Crippen molar-refractivity contribution >= 4 is 6.03 Å². The Kier molecular flexibility index (Phi) is 4.65. The highest BCUT2D eigenvalue weighted by molar-refractivity contribution is 5.75. The van der Waals surface area contributed by atoms with Gasteiger partial charge < -0.3 is 19.6 Å². The van der Waals surface area contributed by atoms with Crippen LogP contribution in [0.5, 0.6) is 0 Å². The number of nitrogens with zero attached hydrogens (tertiary/aromatic N) is 2. The smallest absolute Gasteiger partial charge is 0.316 e. The first-order chi connectivity index (χ1) is 11.6. The van der Waals surface area contributed by atoms with E-state index in [2.05, 4.69) is 15.6 Å². The van der Waals surface area contributed by atoms with E-state index >= 15 is 0 Å². The third-order valence-corrected chi connectivity index (χ3v) is 3.84. The number of rotatable bonds is 5. The molecule has 0 saturated carbocycles. The molecule has 3 rings (SSSR count). The summed E-state index contributed by atoms with van der Waals surface area (Å²) in [7, 11) is 1.91. The second kappa shape index (κ2) is 7.04. The van der Waals surface area contributed by atoms with Crippen LogP contribution in [0.25, 0.3) is 0 Å². The molecule has 0 saturated heterocycles. The van der Waals surface area contributed by atoms with Gasteiger partial charge in [-0.05, 0) is 24.6 Å². The first-order valence-corrected chi connectivity index (χ1v) is 7.77. The first kappa shape index (κ1) is 15.9. The molecule has 0 spiro atoms. The molecule has 2 amide bonds. The summed E-state index contributed by atoms with van der Waals surface area (Å²) >= 11 is 0. The minimum atomic E-state index is -0.338. The third kappa shape index (κ3) is 3.48. The summed E-state index contributed by atoms with van der Waals surface area (Å²) in [5, 5.41) is 5.88. The second-order valence-corrected chi connectivity index (χ2v) is 5.59. The molecule has 0 aliphatic heterocycles. The van der Waals surface area contributed by atoms with Crippen LogP contribution in [-0.4, -0.2) is 15.6 Å². The maximum atomic E-state index is 12.4. The Balaban J connectivity index is 1.77. The molecule has 1 aromatic carbocycles. The van der Waals surface area contributed by atoms with Crippen molar-refractivity contribution in [1.82, 2.24) is 20.2 Å². The van der Waals surface area contributed by atoms with E-state index in [1.54, 1.807) is 18.5 Å². The van der Waals surface area contributed by atoms with Crippen LogP contribution in [0.3, 0.4) is 0 Å². The zero-order valence-corrected chi connectivity index (χ0v) is 13.6. The molecule has 3 aromatic rings. The molecule has 24 heavy (non-hydrogen) atoms. The summed E-state index contributed by atoms with van der Waals surface area (Å²) in [6.07, 6.45) is 5.17. The van der Waals surface area contributed by atoms with Crippen molar-refractivity contribution in [3.05, 3.63) is 78.3 Å². The molecule has 2 unspecified atom stereocenters. The normalized spacial score (nSPS) is 13.2. The number of carbonyl (C=O) groups excluding carboxylic acids is 1. The van der Waals surface area contributed by atoms with Gasteiger partial charge in [-0.15, -0.1) is 0 Å². The molecule has 124 valence electrons. The van der Waals surface area contributed by atoms with Gasteiger partial charge >= 0.3 is 6.03 Å². The zero-order chi connectivity index (χ0) is 16.9. The average Bonchev–Trinajstić information content (AvgIpc) is 3.25. The molecule has 6 nitrogen and oxygen atoms in total. The average molecular weight is 324 g/mol. The Hall–Kier alpha value is -3.02. The molecule has 2 atom stereocenters. The van der Waals surface area contributed by atoms with Gasteiger partial charge in [0.25, 0.3) is 0 Å². The van der Waals surface area contributed by atoms with Gasteiger partial charge in [-0.25, -0.2) is 9.78 Å². The van der Waals surface area contributed by atoms with Gasteiger partial charge in [0.2, 0.25) is 0 Å². The van der Waals surface area contributed by atoms with E-state index in [1.165, 1.54) is 0 Å². The van der Waals surface area contributed by atoms with Crippen LogP contribution < -0.4 is 10.6 Å². The minimum absolute atomic E-state index is 0.224. The lowest BCUT2D eigenvalue weighted by Crippen LogP contribution is -2.40. The van der Waals surface area contributed by atoms with Crippen LogP contribution in [0.1, 0.15) is 36.2 Å². The summed E-state index contributed by atoms with van der Waals surface area (Å²) in [5.74, 6) is 1.47. The SMILES string of the molecule is CC(NC(=O)NC(c1ccccc1)c1nccn1C)c1ccco1. The van der Waals surface area contributed by atoms with Gasteiger partial charge in [0.1, 0.15) is 17.6 Å². The van der Waals surface area contributed by atoms with E-state index in [0.29, 0.717) is 5.76 Å². The number of aryl methyl sites for hydroxylation is 1. The van der Waals surface area contributed by atoms with Crippen molar-refractivity contribution in [2.24, 2.45) is 7.05 Å². The van der Waals surface area contributed by atoms with Gasteiger partial charge in [0.15, 0.2) is 0 Å². The molecule has 0 aliphatic carbocycles. The molecule has 0 radical (unpaired) electrons. The number of nitrogens with one attached hydrogen (secondary N) is 2. The molecular formula is C18H20N4O2. The molecule has 2 aromatic heterocycles. The maximum Gasteiger partial charge on any atom is 0.316 e. The molecule has 0 bridgehead atoms. The predicted octanol–water partition coefficient (Wildman–Crippen LogP) is 3.16. The number of hydrogen-bond donors (Lipinski definition) is 2. The molecule has 2 N–H and O–H groups in total. The topological polar surface area (TPSA) is 72.1 Å². The van der Waals surface area contributed by atoms with E-state index in [9.17, 15) is 4.79 Å². The van der Waals surface area contributed by atoms with E-state index in [0.717, 1.165) is 11.4 Å². The highest BCUT2D eigenvalue weighted by atomic mass is 16.3. The fourth-order valence-corrected chi connectivity index (χ4v) is 2.58. The van der Waals surface area contributed by atoms with Gasteiger partial charge in [0.05, 0.1) is 12.3 Å². The number of amides is 2. The van der Waals surface area contributed by atoms with Crippen molar-refractivity contribution in [3.63, 3.8) is 0 Å². The van der Waals surface area contributed by atoms with E-state index in [4.69, 9.17) is 4.42 Å². The third-order valence-electron chi connectivity index (χ3n) is 3.84. The summed E-state index contributed by atoms with van der Waals surface area (Å²) in [5.41, 5.74) is 0.965. The van der Waals surface area contributed by atoms with Crippen LogP contribution in [0, 0.1) is 0 Å². The molecule has 0 aliphatic rings. The van der Waals surface area contributed by atoms with Gasteiger partial charge in [0, 0.05) is 19.4 Å². The summed E-state index contributed by atoms with van der Waals surface area (Å²) < 4.78 is 7.21. The second-order valence-electron chi connectivity index (χ2n) is 5.59. The van der Waals surface area contributed by atoms with Gasteiger partial charge in [-0.3, -0.25) is 0 Å². The van der Waals surface area contributed by atoms with Crippen LogP contribution >= 0.6 is 0 Å². The lowest BCUT2D eigenvalue weighted by molar-refractivity contribution is 0.233. The number of furan rings is 1. The quantitative estimate of drug-likeness (QED) is 0.757. The largest absolute Gasteiger partial charge is 0.467 e. The number of urea groups is 1. The van der Waals surface area contributed by atoms with Crippen LogP contribution in [0.4, 0.5) is 4.79 Å². The van der Waals surface area contributed by atoms with Crippen molar-refractivity contribution in [1.29, 1.82) is 0 Å². The van der Waals surface area contributed by atoms with E-state index in [-0.39, 0.29) is 18.1 Å². The van der Waals surface area contributed by atoms with Crippen LogP contribution in [0.2, 0.25) is 0 Å². The Labute approximate surface area is 140 Å². The van der Waals surface area contributed by atoms with Crippen molar-refractivity contribution < 1.29 is 9.21 Å². The summed E-state index contributed by atoms with van der Waals surface area (Å²) in [6, 6.07) is 12.5. The minimum Gasteiger partial charge on any atom is -0.467 e. The molecule has 2 heterocycles. The van der Waals surface area contributed by atoms with Crippen LogP contribution in [-0.2, 0) is 7.05 Å². The summed E-state index contributed by atoms with van der Waals surface area (Å²) in [6.45, 7) is 1.87. The fourth-order valence-electron chi connectivity index (χ4n) is 2.58. The number of carbonyl (C=O) groups is 1. The number of benzene rings is 1. The Morgan fingerprint density at radius 1 is 1.17 bits per heavy atom. The Morgan fingerprint density at radius 2 is 1.96 bits per heavy atom. The summed E-state index contributed by atoms with van der Waals surface area (Å²) in [4.78, 5) is 16.8. The molecule has 6 heteroatoms. The lowest BCUT2D eigenvalue weighted by atomic mass is 10.1. The predicted molar refractivity (Wildman–Crippen MR) is 90.3 cm³/mol. The van der Waals surface area contributed by atoms with Gasteiger partial charge in [-0.1, -0.05) is 30.3 Å². The standard InChI is InChI=1S/C18H20N4O2/c1-13(15-9-6-12-24-15)20-18(23)21-16(14-7-4-3-5-8-14)17-19-10-11-22(17)2/h3-13,16H,1-2H3,(H2,20,21,23). The highest BCUT2D eigenvalue weighted by Crippen LogP contribution is 2.20. The van der Waals surface area contributed by atoms with Gasteiger partial charge in [-0.2, -0.15) is 0 Å². The number of aromatic nitrogens is 2. The van der Waals surface area contributed by atoms with Crippen molar-refractivity contribution in [3.8, 4) is 0 Å². The lowest BCUT2D eigenvalue weighted by Gasteiger charge is -2.21.